The van der Waals surface area contributed by atoms with Crippen molar-refractivity contribution in [3.05, 3.63) is 17.5 Å². The van der Waals surface area contributed by atoms with Crippen LogP contribution < -0.4 is 5.32 Å². The molecule has 0 spiro atoms. The summed E-state index contributed by atoms with van der Waals surface area (Å²) in [6.07, 6.45) is -0.818. The van der Waals surface area contributed by atoms with E-state index in [2.05, 4.69) is 20.2 Å². The number of carboxylic acids is 1. The lowest BCUT2D eigenvalue weighted by Gasteiger charge is -2.26. The van der Waals surface area contributed by atoms with Gasteiger partial charge in [-0.25, -0.2) is 23.2 Å². The van der Waals surface area contributed by atoms with Crippen LogP contribution in [0.15, 0.2) is 6.20 Å². The second-order valence-electron chi connectivity index (χ2n) is 7.40. The Labute approximate surface area is 160 Å². The molecule has 2 fully saturated rings. The Balaban J connectivity index is 0.000000279. The quantitative estimate of drug-likeness (QED) is 0.749. The number of rotatable bonds is 3. The number of alkyl halides is 3. The van der Waals surface area contributed by atoms with Crippen LogP contribution in [0, 0.1) is 5.92 Å². The minimum Gasteiger partial charge on any atom is -0.475 e. The summed E-state index contributed by atoms with van der Waals surface area (Å²) in [6, 6.07) is 0. The highest BCUT2D eigenvalue weighted by molar-refractivity contribution is 7.91. The summed E-state index contributed by atoms with van der Waals surface area (Å²) in [6.45, 7) is 2.29. The number of sulfone groups is 1. The number of fused-ring (bicyclic) bond motifs is 3. The van der Waals surface area contributed by atoms with Crippen LogP contribution in [-0.2, 0) is 20.4 Å². The molecule has 2 aliphatic heterocycles. The molecule has 12 heteroatoms. The molecule has 3 heterocycles. The van der Waals surface area contributed by atoms with Gasteiger partial charge in [0.05, 0.1) is 16.7 Å². The van der Waals surface area contributed by atoms with Crippen molar-refractivity contribution in [3.8, 4) is 0 Å². The summed E-state index contributed by atoms with van der Waals surface area (Å²) in [5.74, 6) is -1.27. The fourth-order valence-corrected chi connectivity index (χ4v) is 5.47. The van der Waals surface area contributed by atoms with Gasteiger partial charge in [0, 0.05) is 37.3 Å². The second-order valence-corrected chi connectivity index (χ2v) is 9.62. The van der Waals surface area contributed by atoms with Crippen LogP contribution in [0.1, 0.15) is 30.0 Å². The number of anilines is 1. The molecule has 0 aromatic carbocycles. The molecule has 2 atom stereocenters. The number of likely N-dealkylation sites (N-methyl/N-ethyl adjacent to an activating group) is 1. The highest BCUT2D eigenvalue weighted by atomic mass is 32.2. The molecule has 1 aromatic rings. The average molecular weight is 422 g/mol. The Morgan fingerprint density at radius 1 is 1.36 bits per heavy atom. The lowest BCUT2D eigenvalue weighted by atomic mass is 10.00. The first-order valence-electron chi connectivity index (χ1n) is 8.77. The van der Waals surface area contributed by atoms with Crippen molar-refractivity contribution in [3.63, 3.8) is 0 Å². The zero-order valence-electron chi connectivity index (χ0n) is 15.1. The van der Waals surface area contributed by atoms with Gasteiger partial charge in [-0.3, -0.25) is 0 Å². The summed E-state index contributed by atoms with van der Waals surface area (Å²) in [7, 11) is -1.10. The van der Waals surface area contributed by atoms with Gasteiger partial charge in [-0.05, 0) is 25.8 Å². The zero-order valence-corrected chi connectivity index (χ0v) is 15.9. The van der Waals surface area contributed by atoms with Gasteiger partial charge in [-0.1, -0.05) is 0 Å². The Morgan fingerprint density at radius 3 is 2.57 bits per heavy atom. The molecule has 4 rings (SSSR count). The summed E-state index contributed by atoms with van der Waals surface area (Å²) >= 11 is 0. The van der Waals surface area contributed by atoms with Crippen molar-refractivity contribution in [2.45, 2.75) is 35.9 Å². The molecule has 156 valence electrons. The predicted octanol–water partition coefficient (Wildman–Crippen LogP) is 1.26. The highest BCUT2D eigenvalue weighted by Crippen LogP contribution is 2.38. The maximum Gasteiger partial charge on any atom is 0.490 e. The number of likely N-dealkylation sites (tertiary alicyclic amines) is 1. The minimum absolute atomic E-state index is 0.00627. The molecule has 0 radical (unpaired) electrons. The number of carboxylic acid groups (broad SMARTS) is 1. The zero-order chi connectivity index (χ0) is 20.7. The number of hydrogen-bond donors (Lipinski definition) is 2. The van der Waals surface area contributed by atoms with Crippen molar-refractivity contribution >= 4 is 21.8 Å². The molecule has 1 saturated heterocycles. The van der Waals surface area contributed by atoms with E-state index in [9.17, 15) is 21.6 Å². The van der Waals surface area contributed by atoms with Crippen LogP contribution in [0.4, 0.5) is 19.1 Å². The summed E-state index contributed by atoms with van der Waals surface area (Å²) in [5.41, 5.74) is 1.72. The number of hydrogen-bond acceptors (Lipinski definition) is 7. The van der Waals surface area contributed by atoms with Gasteiger partial charge in [-0.2, -0.15) is 13.2 Å². The molecular formula is C16H21F3N4O4S. The number of aromatic nitrogens is 2. The topological polar surface area (TPSA) is 112 Å². The monoisotopic (exact) mass is 422 g/mol. The molecule has 0 amide bonds. The van der Waals surface area contributed by atoms with Crippen molar-refractivity contribution in [1.82, 2.24) is 14.9 Å². The first-order chi connectivity index (χ1) is 13.0. The third kappa shape index (κ3) is 4.72. The van der Waals surface area contributed by atoms with Crippen LogP contribution in [-0.4, -0.2) is 72.5 Å². The molecule has 8 nitrogen and oxygen atoms in total. The SMILES string of the molecule is CN1C[C@@H]2c3nc(NCC4CC4)ncc3CS(=O)(=O)[C@@H]2C1.O=C(O)C(F)(F)F. The first-order valence-corrected chi connectivity index (χ1v) is 10.5. The third-order valence-electron chi connectivity index (χ3n) is 5.00. The van der Waals surface area contributed by atoms with Crippen LogP contribution in [0.3, 0.4) is 0 Å². The minimum atomic E-state index is -5.08. The molecule has 2 N–H and O–H groups in total. The van der Waals surface area contributed by atoms with Crippen LogP contribution in [0.2, 0.25) is 0 Å². The van der Waals surface area contributed by atoms with Crippen LogP contribution in [0.5, 0.6) is 0 Å². The van der Waals surface area contributed by atoms with E-state index in [1.807, 2.05) is 7.05 Å². The molecule has 0 unspecified atom stereocenters. The van der Waals surface area contributed by atoms with Crippen LogP contribution in [0.25, 0.3) is 0 Å². The van der Waals surface area contributed by atoms with E-state index in [0.29, 0.717) is 12.5 Å². The molecule has 1 aromatic heterocycles. The van der Waals surface area contributed by atoms with E-state index in [0.717, 1.165) is 30.3 Å². The van der Waals surface area contributed by atoms with Crippen molar-refractivity contribution in [1.29, 1.82) is 0 Å². The fourth-order valence-electron chi connectivity index (χ4n) is 3.41. The standard InChI is InChI=1S/C14H20N4O2S.C2HF3O2/c1-18-6-11-12(7-18)21(19,20)8-10-5-16-14(17-13(10)11)15-4-9-2-3-9;3-2(4,5)1(6)7/h5,9,11-12H,2-4,6-8H2,1H3,(H,15,16,17);(H,6,7)/t11-,12+;/m0./s1. The van der Waals surface area contributed by atoms with E-state index in [4.69, 9.17) is 9.90 Å². The van der Waals surface area contributed by atoms with E-state index < -0.39 is 22.0 Å². The lowest BCUT2D eigenvalue weighted by Crippen LogP contribution is -2.35. The van der Waals surface area contributed by atoms with E-state index in [1.165, 1.54) is 12.8 Å². The second kappa shape index (κ2) is 7.47. The van der Waals surface area contributed by atoms with Gasteiger partial charge in [0.2, 0.25) is 5.95 Å². The number of carbonyl (C=O) groups is 1. The normalized spacial score (nSPS) is 25.9. The molecular weight excluding hydrogens is 401 g/mol. The van der Waals surface area contributed by atoms with Crippen molar-refractivity contribution in [2.75, 3.05) is 32.0 Å². The van der Waals surface area contributed by atoms with Crippen LogP contribution >= 0.6 is 0 Å². The lowest BCUT2D eigenvalue weighted by molar-refractivity contribution is -0.192. The van der Waals surface area contributed by atoms with E-state index in [-0.39, 0.29) is 16.9 Å². The Kier molecular flexibility index (Phi) is 5.54. The summed E-state index contributed by atoms with van der Waals surface area (Å²) in [4.78, 5) is 19.9. The van der Waals surface area contributed by atoms with Gasteiger partial charge in [-0.15, -0.1) is 0 Å². The Bertz CT molecular complexity index is 858. The highest BCUT2D eigenvalue weighted by Gasteiger charge is 2.46. The molecule has 0 bridgehead atoms. The largest absolute Gasteiger partial charge is 0.490 e. The van der Waals surface area contributed by atoms with Gasteiger partial charge in [0.25, 0.3) is 0 Å². The fraction of sp³-hybridized carbons (Fsp3) is 0.688. The Morgan fingerprint density at radius 2 is 2.00 bits per heavy atom. The third-order valence-corrected chi connectivity index (χ3v) is 7.12. The average Bonchev–Trinajstić information content (AvgIpc) is 3.32. The Hall–Kier alpha value is -1.95. The van der Waals surface area contributed by atoms with E-state index in [1.54, 1.807) is 6.20 Å². The number of aliphatic carboxylic acids is 1. The summed E-state index contributed by atoms with van der Waals surface area (Å²) < 4.78 is 56.5. The molecule has 28 heavy (non-hydrogen) atoms. The first kappa shape index (κ1) is 20.8. The number of halogens is 3. The summed E-state index contributed by atoms with van der Waals surface area (Å²) in [5, 5.41) is 10.1. The van der Waals surface area contributed by atoms with Gasteiger partial charge in [0.1, 0.15) is 0 Å². The van der Waals surface area contributed by atoms with Gasteiger partial charge >= 0.3 is 12.1 Å². The smallest absolute Gasteiger partial charge is 0.475 e. The van der Waals surface area contributed by atoms with Gasteiger partial charge in [0.15, 0.2) is 9.84 Å². The van der Waals surface area contributed by atoms with E-state index >= 15 is 0 Å². The number of nitrogens with zero attached hydrogens (tertiary/aromatic N) is 3. The maximum atomic E-state index is 12.4. The molecule has 1 aliphatic carbocycles. The number of nitrogens with one attached hydrogen (secondary N) is 1. The predicted molar refractivity (Wildman–Crippen MR) is 93.6 cm³/mol. The maximum absolute atomic E-state index is 12.4. The molecule has 3 aliphatic rings. The van der Waals surface area contributed by atoms with Crippen molar-refractivity contribution < 1.29 is 31.5 Å². The van der Waals surface area contributed by atoms with Gasteiger partial charge < -0.3 is 15.3 Å². The van der Waals surface area contributed by atoms with Crippen molar-refractivity contribution in [2.24, 2.45) is 5.92 Å². The molecule has 1 saturated carbocycles.